The molecule has 1 unspecified atom stereocenters. The maximum Gasteiger partial charge on any atom is 0.226 e. The van der Waals surface area contributed by atoms with Gasteiger partial charge in [0, 0.05) is 11.9 Å². The summed E-state index contributed by atoms with van der Waals surface area (Å²) in [5.41, 5.74) is 1.52. The third-order valence-electron chi connectivity index (χ3n) is 3.37. The molecule has 130 valence electrons. The van der Waals surface area contributed by atoms with Gasteiger partial charge in [-0.3, -0.25) is 4.79 Å². The molecule has 1 amide bonds. The zero-order valence-corrected chi connectivity index (χ0v) is 15.1. The number of nitrogens with one attached hydrogen (secondary N) is 1. The molecule has 0 fully saturated rings. The fourth-order valence-electron chi connectivity index (χ4n) is 2.19. The van der Waals surface area contributed by atoms with Crippen LogP contribution in [0.15, 0.2) is 29.6 Å². The minimum Gasteiger partial charge on any atom is -0.491 e. The fraction of sp³-hybridized carbons (Fsp3) is 0.444. The first kappa shape index (κ1) is 18.4. The summed E-state index contributed by atoms with van der Waals surface area (Å²) in [5.74, 6) is 0.627. The molecule has 0 bridgehead atoms. The van der Waals surface area contributed by atoms with E-state index >= 15 is 0 Å². The topological polar surface area (TPSA) is 71.5 Å². The highest BCUT2D eigenvalue weighted by molar-refractivity contribution is 7.09. The molecule has 0 spiro atoms. The molecule has 24 heavy (non-hydrogen) atoms. The Balaban J connectivity index is 1.81. The second kappa shape index (κ2) is 8.80. The van der Waals surface area contributed by atoms with Gasteiger partial charge in [0.25, 0.3) is 0 Å². The van der Waals surface area contributed by atoms with Gasteiger partial charge < -0.3 is 15.2 Å². The molecule has 1 heterocycles. The number of ether oxygens (including phenoxy) is 1. The summed E-state index contributed by atoms with van der Waals surface area (Å²) in [7, 11) is 0. The molecule has 0 aliphatic rings. The lowest BCUT2D eigenvalue weighted by atomic mass is 10.1. The van der Waals surface area contributed by atoms with Gasteiger partial charge in [-0.15, -0.1) is 11.3 Å². The van der Waals surface area contributed by atoms with E-state index < -0.39 is 6.10 Å². The second-order valence-electron chi connectivity index (χ2n) is 5.82. The molecule has 2 aromatic rings. The lowest BCUT2D eigenvalue weighted by Crippen LogP contribution is -2.29. The normalized spacial score (nSPS) is 12.2. The third kappa shape index (κ3) is 5.62. The molecule has 0 radical (unpaired) electrons. The maximum atomic E-state index is 11.9. The number of aromatic nitrogens is 1. The molecule has 5 nitrogen and oxygen atoms in total. The van der Waals surface area contributed by atoms with E-state index in [1.807, 2.05) is 50.4 Å². The SMILES string of the molecule is CCc1nc(CC(=O)NCC(O)c2ccc(OC(C)C)cc2)cs1. The first-order chi connectivity index (χ1) is 11.5. The number of aliphatic hydroxyl groups excluding tert-OH is 1. The summed E-state index contributed by atoms with van der Waals surface area (Å²) in [5, 5.41) is 15.9. The van der Waals surface area contributed by atoms with Gasteiger partial charge in [-0.2, -0.15) is 0 Å². The van der Waals surface area contributed by atoms with E-state index in [0.717, 1.165) is 28.4 Å². The van der Waals surface area contributed by atoms with Crippen LogP contribution in [0, 0.1) is 0 Å². The van der Waals surface area contributed by atoms with Crippen LogP contribution in [-0.4, -0.2) is 28.6 Å². The Morgan fingerprint density at radius 2 is 2.04 bits per heavy atom. The van der Waals surface area contributed by atoms with Gasteiger partial charge in [0.15, 0.2) is 0 Å². The number of benzene rings is 1. The molecule has 1 aromatic carbocycles. The number of hydrogen-bond donors (Lipinski definition) is 2. The van der Waals surface area contributed by atoms with Gasteiger partial charge in [0.1, 0.15) is 5.75 Å². The molecule has 1 aromatic heterocycles. The van der Waals surface area contributed by atoms with Crippen LogP contribution in [0.1, 0.15) is 43.1 Å². The van der Waals surface area contributed by atoms with Crippen LogP contribution in [0.2, 0.25) is 0 Å². The molecule has 0 saturated heterocycles. The van der Waals surface area contributed by atoms with Crippen molar-refractivity contribution in [3.8, 4) is 5.75 Å². The Kier molecular flexibility index (Phi) is 6.75. The Morgan fingerprint density at radius 1 is 1.33 bits per heavy atom. The predicted octanol–water partition coefficient (Wildman–Crippen LogP) is 2.89. The Labute approximate surface area is 146 Å². The second-order valence-corrected chi connectivity index (χ2v) is 6.76. The third-order valence-corrected chi connectivity index (χ3v) is 4.41. The van der Waals surface area contributed by atoms with Crippen molar-refractivity contribution in [3.05, 3.63) is 45.9 Å². The highest BCUT2D eigenvalue weighted by atomic mass is 32.1. The molecule has 2 N–H and O–H groups in total. The Hall–Kier alpha value is -1.92. The van der Waals surface area contributed by atoms with Crippen LogP contribution in [0.5, 0.6) is 5.75 Å². The van der Waals surface area contributed by atoms with E-state index in [0.29, 0.717) is 0 Å². The largest absolute Gasteiger partial charge is 0.491 e. The van der Waals surface area contributed by atoms with Gasteiger partial charge in [-0.1, -0.05) is 19.1 Å². The van der Waals surface area contributed by atoms with Crippen molar-refractivity contribution in [1.82, 2.24) is 10.3 Å². The van der Waals surface area contributed by atoms with E-state index in [1.165, 1.54) is 0 Å². The minimum atomic E-state index is -0.747. The zero-order valence-electron chi connectivity index (χ0n) is 14.3. The monoisotopic (exact) mass is 348 g/mol. The van der Waals surface area contributed by atoms with Gasteiger partial charge in [-0.25, -0.2) is 4.98 Å². The van der Waals surface area contributed by atoms with E-state index in [1.54, 1.807) is 11.3 Å². The molecule has 0 aliphatic carbocycles. The Morgan fingerprint density at radius 3 is 2.62 bits per heavy atom. The smallest absolute Gasteiger partial charge is 0.226 e. The van der Waals surface area contributed by atoms with Crippen LogP contribution < -0.4 is 10.1 Å². The van der Waals surface area contributed by atoms with E-state index in [4.69, 9.17) is 4.74 Å². The average Bonchev–Trinajstić information content (AvgIpc) is 3.00. The number of carbonyl (C=O) groups is 1. The van der Waals surface area contributed by atoms with Crippen molar-refractivity contribution in [2.75, 3.05) is 6.54 Å². The summed E-state index contributed by atoms with van der Waals surface area (Å²) in [6.07, 6.45) is 0.481. The maximum absolute atomic E-state index is 11.9. The fourth-order valence-corrected chi connectivity index (χ4v) is 2.93. The average molecular weight is 348 g/mol. The molecule has 0 saturated carbocycles. The van der Waals surface area contributed by atoms with Crippen molar-refractivity contribution >= 4 is 17.2 Å². The van der Waals surface area contributed by atoms with Crippen LogP contribution in [0.4, 0.5) is 0 Å². The number of carbonyl (C=O) groups excluding carboxylic acids is 1. The number of aliphatic hydroxyl groups is 1. The summed E-state index contributed by atoms with van der Waals surface area (Å²) in [6.45, 7) is 6.14. The molecular formula is C18H24N2O3S. The number of hydrogen-bond acceptors (Lipinski definition) is 5. The van der Waals surface area contributed by atoms with E-state index in [2.05, 4.69) is 10.3 Å². The van der Waals surface area contributed by atoms with E-state index in [9.17, 15) is 9.90 Å². The highest BCUT2D eigenvalue weighted by Crippen LogP contribution is 2.18. The van der Waals surface area contributed by atoms with Crippen molar-refractivity contribution in [2.45, 2.75) is 45.8 Å². The van der Waals surface area contributed by atoms with Crippen molar-refractivity contribution in [1.29, 1.82) is 0 Å². The summed E-state index contributed by atoms with van der Waals surface area (Å²) in [4.78, 5) is 16.3. The number of amides is 1. The molecular weight excluding hydrogens is 324 g/mol. The number of rotatable bonds is 8. The van der Waals surface area contributed by atoms with Crippen LogP contribution in [0.3, 0.4) is 0 Å². The van der Waals surface area contributed by atoms with Crippen LogP contribution in [-0.2, 0) is 17.6 Å². The van der Waals surface area contributed by atoms with Crippen LogP contribution in [0.25, 0.3) is 0 Å². The van der Waals surface area contributed by atoms with Gasteiger partial charge in [0.2, 0.25) is 5.91 Å². The quantitative estimate of drug-likeness (QED) is 0.769. The van der Waals surface area contributed by atoms with Crippen LogP contribution >= 0.6 is 11.3 Å². The standard InChI is InChI=1S/C18H24N2O3S/c1-4-18-20-14(11-24-18)9-17(22)19-10-16(21)13-5-7-15(8-6-13)23-12(2)3/h5-8,11-12,16,21H,4,9-10H2,1-3H3,(H,19,22). The predicted molar refractivity (Wildman–Crippen MR) is 95.4 cm³/mol. The number of thiazole rings is 1. The van der Waals surface area contributed by atoms with Gasteiger partial charge in [-0.05, 0) is 38.0 Å². The zero-order chi connectivity index (χ0) is 17.5. The molecule has 0 aliphatic heterocycles. The van der Waals surface area contributed by atoms with Gasteiger partial charge >= 0.3 is 0 Å². The number of aryl methyl sites for hydroxylation is 1. The first-order valence-corrected chi connectivity index (χ1v) is 9.00. The molecule has 2 rings (SSSR count). The van der Waals surface area contributed by atoms with Crippen molar-refractivity contribution in [2.24, 2.45) is 0 Å². The van der Waals surface area contributed by atoms with Gasteiger partial charge in [0.05, 0.1) is 29.3 Å². The summed E-state index contributed by atoms with van der Waals surface area (Å²) < 4.78 is 5.57. The van der Waals surface area contributed by atoms with E-state index in [-0.39, 0.29) is 25.0 Å². The lowest BCUT2D eigenvalue weighted by molar-refractivity contribution is -0.120. The Bertz CT molecular complexity index is 653. The lowest BCUT2D eigenvalue weighted by Gasteiger charge is -2.14. The molecule has 1 atom stereocenters. The van der Waals surface area contributed by atoms with Crippen molar-refractivity contribution < 1.29 is 14.6 Å². The molecule has 6 heteroatoms. The minimum absolute atomic E-state index is 0.110. The highest BCUT2D eigenvalue weighted by Gasteiger charge is 2.12. The summed E-state index contributed by atoms with van der Waals surface area (Å²) >= 11 is 1.57. The number of nitrogens with zero attached hydrogens (tertiary/aromatic N) is 1. The first-order valence-electron chi connectivity index (χ1n) is 8.12. The van der Waals surface area contributed by atoms with Crippen molar-refractivity contribution in [3.63, 3.8) is 0 Å². The summed E-state index contributed by atoms with van der Waals surface area (Å²) in [6, 6.07) is 7.26.